The van der Waals surface area contributed by atoms with Crippen LogP contribution in [-0.4, -0.2) is 44.4 Å². The predicted molar refractivity (Wildman–Crippen MR) is 115 cm³/mol. The average molecular weight is 420 g/mol. The highest BCUT2D eigenvalue weighted by Crippen LogP contribution is 2.15. The first kappa shape index (κ1) is 21.9. The van der Waals surface area contributed by atoms with E-state index in [1.54, 1.807) is 43.1 Å². The normalized spacial score (nSPS) is 12.6. The quantitative estimate of drug-likeness (QED) is 0.398. The van der Waals surface area contributed by atoms with Crippen molar-refractivity contribution in [2.45, 2.75) is 18.9 Å². The lowest BCUT2D eigenvalue weighted by Crippen LogP contribution is -2.53. The first-order valence-electron chi connectivity index (χ1n) is 9.72. The van der Waals surface area contributed by atoms with Crippen LogP contribution in [0.5, 0.6) is 0 Å². The Labute approximate surface area is 179 Å². The van der Waals surface area contributed by atoms with Crippen LogP contribution in [0, 0.1) is 0 Å². The van der Waals surface area contributed by atoms with Gasteiger partial charge in [0.1, 0.15) is 0 Å². The Morgan fingerprint density at radius 1 is 1.03 bits per heavy atom. The van der Waals surface area contributed by atoms with E-state index in [1.807, 2.05) is 30.3 Å². The minimum absolute atomic E-state index is 0.247. The molecule has 0 aliphatic heterocycles. The zero-order chi connectivity index (χ0) is 22.4. The Bertz CT molecular complexity index is 1080. The SMILES string of the molecule is Cn1ccnc1C(=O)c1ccc(NC(=O)C(=O)NC(C)(CO)Cc2ccccc2)cc1. The Kier molecular flexibility index (Phi) is 6.61. The monoisotopic (exact) mass is 420 g/mol. The van der Waals surface area contributed by atoms with Crippen LogP contribution in [-0.2, 0) is 23.1 Å². The molecule has 3 aromatic rings. The fraction of sp³-hybridized carbons (Fsp3) is 0.217. The van der Waals surface area contributed by atoms with E-state index in [9.17, 15) is 19.5 Å². The van der Waals surface area contributed by atoms with Crippen molar-refractivity contribution in [1.82, 2.24) is 14.9 Å². The second-order valence-electron chi connectivity index (χ2n) is 7.56. The van der Waals surface area contributed by atoms with Gasteiger partial charge in [-0.15, -0.1) is 0 Å². The minimum Gasteiger partial charge on any atom is -0.394 e. The maximum atomic E-state index is 12.5. The van der Waals surface area contributed by atoms with Crippen LogP contribution in [0.4, 0.5) is 5.69 Å². The van der Waals surface area contributed by atoms with Crippen molar-refractivity contribution in [1.29, 1.82) is 0 Å². The number of rotatable bonds is 7. The number of anilines is 1. The fourth-order valence-corrected chi connectivity index (χ4v) is 3.12. The number of aryl methyl sites for hydroxylation is 1. The van der Waals surface area contributed by atoms with Crippen LogP contribution < -0.4 is 10.6 Å². The number of nitrogens with one attached hydrogen (secondary N) is 2. The maximum Gasteiger partial charge on any atom is 0.313 e. The summed E-state index contributed by atoms with van der Waals surface area (Å²) < 4.78 is 1.62. The van der Waals surface area contributed by atoms with Crippen LogP contribution >= 0.6 is 0 Å². The van der Waals surface area contributed by atoms with E-state index in [2.05, 4.69) is 15.6 Å². The van der Waals surface area contributed by atoms with Crippen molar-refractivity contribution < 1.29 is 19.5 Å². The second kappa shape index (κ2) is 9.36. The number of nitrogens with zero attached hydrogens (tertiary/aromatic N) is 2. The molecule has 160 valence electrons. The molecule has 8 heteroatoms. The van der Waals surface area contributed by atoms with Gasteiger partial charge in [-0.1, -0.05) is 30.3 Å². The molecule has 0 radical (unpaired) electrons. The van der Waals surface area contributed by atoms with Crippen LogP contribution in [0.25, 0.3) is 0 Å². The van der Waals surface area contributed by atoms with Gasteiger partial charge in [0.15, 0.2) is 5.82 Å². The Hall–Kier alpha value is -3.78. The molecule has 31 heavy (non-hydrogen) atoms. The summed E-state index contributed by atoms with van der Waals surface area (Å²) >= 11 is 0. The summed E-state index contributed by atoms with van der Waals surface area (Å²) in [6, 6.07) is 15.6. The van der Waals surface area contributed by atoms with Gasteiger partial charge >= 0.3 is 11.8 Å². The van der Waals surface area contributed by atoms with Crippen molar-refractivity contribution in [3.05, 3.63) is 83.9 Å². The van der Waals surface area contributed by atoms with Crippen LogP contribution in [0.15, 0.2) is 67.0 Å². The van der Waals surface area contributed by atoms with Gasteiger partial charge in [0.25, 0.3) is 0 Å². The van der Waals surface area contributed by atoms with Crippen molar-refractivity contribution in [2.24, 2.45) is 7.05 Å². The molecule has 1 unspecified atom stereocenters. The lowest BCUT2D eigenvalue weighted by Gasteiger charge is -2.28. The lowest BCUT2D eigenvalue weighted by molar-refractivity contribution is -0.137. The number of aliphatic hydroxyl groups is 1. The molecule has 0 fully saturated rings. The largest absolute Gasteiger partial charge is 0.394 e. The number of ketones is 1. The van der Waals surface area contributed by atoms with Gasteiger partial charge in [-0.3, -0.25) is 14.4 Å². The Balaban J connectivity index is 1.62. The number of benzene rings is 2. The summed E-state index contributed by atoms with van der Waals surface area (Å²) in [5.74, 6) is -1.67. The number of carbonyl (C=O) groups is 3. The van der Waals surface area contributed by atoms with Crippen LogP contribution in [0.1, 0.15) is 28.7 Å². The average Bonchev–Trinajstić information content (AvgIpc) is 3.20. The molecule has 2 amide bonds. The number of aliphatic hydroxyl groups excluding tert-OH is 1. The van der Waals surface area contributed by atoms with Crippen LogP contribution in [0.3, 0.4) is 0 Å². The number of hydrogen-bond acceptors (Lipinski definition) is 5. The number of hydrogen-bond donors (Lipinski definition) is 3. The van der Waals surface area contributed by atoms with E-state index < -0.39 is 17.4 Å². The van der Waals surface area contributed by atoms with Crippen molar-refractivity contribution in [3.63, 3.8) is 0 Å². The van der Waals surface area contributed by atoms with Gasteiger partial charge in [-0.25, -0.2) is 4.98 Å². The smallest absolute Gasteiger partial charge is 0.313 e. The molecule has 3 N–H and O–H groups in total. The number of carbonyl (C=O) groups excluding carboxylic acids is 3. The number of imidazole rings is 1. The molecule has 0 spiro atoms. The molecule has 0 aliphatic rings. The molecule has 0 aliphatic carbocycles. The van der Waals surface area contributed by atoms with Crippen molar-refractivity contribution in [3.8, 4) is 0 Å². The summed E-state index contributed by atoms with van der Waals surface area (Å²) in [5, 5.41) is 14.9. The van der Waals surface area contributed by atoms with Crippen molar-refractivity contribution >= 4 is 23.3 Å². The Morgan fingerprint density at radius 3 is 2.29 bits per heavy atom. The van der Waals surface area contributed by atoms with E-state index >= 15 is 0 Å². The first-order valence-corrected chi connectivity index (χ1v) is 9.72. The Morgan fingerprint density at radius 2 is 1.71 bits per heavy atom. The lowest BCUT2D eigenvalue weighted by atomic mass is 9.93. The van der Waals surface area contributed by atoms with Gasteiger partial charge < -0.3 is 20.3 Å². The van der Waals surface area contributed by atoms with E-state index in [4.69, 9.17) is 0 Å². The highest BCUT2D eigenvalue weighted by molar-refractivity contribution is 6.39. The minimum atomic E-state index is -0.992. The van der Waals surface area contributed by atoms with Gasteiger partial charge in [0, 0.05) is 30.7 Å². The molecule has 2 aromatic carbocycles. The summed E-state index contributed by atoms with van der Waals surface area (Å²) in [5.41, 5.74) is 0.708. The topological polar surface area (TPSA) is 113 Å². The summed E-state index contributed by atoms with van der Waals surface area (Å²) in [6.07, 6.45) is 3.59. The highest BCUT2D eigenvalue weighted by atomic mass is 16.3. The number of aromatic nitrogens is 2. The fourth-order valence-electron chi connectivity index (χ4n) is 3.12. The maximum absolute atomic E-state index is 12.5. The van der Waals surface area contributed by atoms with E-state index in [1.165, 1.54) is 12.1 Å². The molecule has 3 rings (SSSR count). The summed E-state index contributed by atoms with van der Waals surface area (Å²) in [4.78, 5) is 41.2. The van der Waals surface area contributed by atoms with Gasteiger partial charge in [0.05, 0.1) is 12.1 Å². The molecule has 0 bridgehead atoms. The first-order chi connectivity index (χ1) is 14.8. The van der Waals surface area contributed by atoms with Crippen molar-refractivity contribution in [2.75, 3.05) is 11.9 Å². The highest BCUT2D eigenvalue weighted by Gasteiger charge is 2.29. The molecule has 0 saturated heterocycles. The summed E-state index contributed by atoms with van der Waals surface area (Å²) in [6.45, 7) is 1.34. The van der Waals surface area contributed by atoms with E-state index in [-0.39, 0.29) is 12.4 Å². The van der Waals surface area contributed by atoms with Gasteiger partial charge in [-0.05, 0) is 43.2 Å². The van der Waals surface area contributed by atoms with Crippen LogP contribution in [0.2, 0.25) is 0 Å². The molecular weight excluding hydrogens is 396 g/mol. The molecule has 0 saturated carbocycles. The molecule has 1 aromatic heterocycles. The third-order valence-electron chi connectivity index (χ3n) is 4.84. The molecule has 8 nitrogen and oxygen atoms in total. The standard InChI is InChI=1S/C23H24N4O4/c1-23(15-28,14-16-6-4-3-5-7-16)26-22(31)21(30)25-18-10-8-17(9-11-18)19(29)20-24-12-13-27(20)2/h3-13,28H,14-15H2,1-2H3,(H,25,30)(H,26,31). The molecule has 1 atom stereocenters. The summed E-state index contributed by atoms with van der Waals surface area (Å²) in [7, 11) is 1.73. The van der Waals surface area contributed by atoms with Gasteiger partial charge in [-0.2, -0.15) is 0 Å². The molecule has 1 heterocycles. The molecular formula is C23H24N4O4. The third kappa shape index (κ3) is 5.43. The van der Waals surface area contributed by atoms with Gasteiger partial charge in [0.2, 0.25) is 5.78 Å². The second-order valence-corrected chi connectivity index (χ2v) is 7.56. The predicted octanol–water partition coefficient (Wildman–Crippen LogP) is 1.70. The van der Waals surface area contributed by atoms with E-state index in [0.29, 0.717) is 23.5 Å². The zero-order valence-corrected chi connectivity index (χ0v) is 17.3. The third-order valence-corrected chi connectivity index (χ3v) is 4.84. The zero-order valence-electron chi connectivity index (χ0n) is 17.3. The van der Waals surface area contributed by atoms with E-state index in [0.717, 1.165) is 5.56 Å². The number of amides is 2.